The molecule has 1 unspecified atom stereocenters. The van der Waals surface area contributed by atoms with Crippen LogP contribution in [0, 0.1) is 17.6 Å². The van der Waals surface area contributed by atoms with Crippen LogP contribution in [0.25, 0.3) is 0 Å². The third kappa shape index (κ3) is 3.49. The molecule has 146 valence electrons. The molecular formula is C18H19F2N7O. The standard InChI is InChI=1S/C18H19F2N7O/c19-13-7-12(8-22-9-13)15-1-4-24-27(15)17(28)11-2-5-26(6-3-11)18-23-10-14(20)16(21)25-18/h4,7-11,15H,1-3,5-6H2,(H2,21,23,25). The summed E-state index contributed by atoms with van der Waals surface area (Å²) in [5, 5.41) is 5.64. The van der Waals surface area contributed by atoms with Gasteiger partial charge in [-0.15, -0.1) is 0 Å². The van der Waals surface area contributed by atoms with Crippen molar-refractivity contribution in [1.82, 2.24) is 20.0 Å². The third-order valence-electron chi connectivity index (χ3n) is 5.05. The number of carbonyl (C=O) groups excluding carboxylic acids is 1. The van der Waals surface area contributed by atoms with Gasteiger partial charge >= 0.3 is 0 Å². The monoisotopic (exact) mass is 387 g/mol. The maximum absolute atomic E-state index is 13.5. The SMILES string of the molecule is Nc1nc(N2CCC(C(=O)N3N=CCC3c3cncc(F)c3)CC2)ncc1F. The summed E-state index contributed by atoms with van der Waals surface area (Å²) in [6.45, 7) is 1.09. The number of nitrogens with zero attached hydrogens (tertiary/aromatic N) is 6. The van der Waals surface area contributed by atoms with Gasteiger partial charge in [0.1, 0.15) is 5.82 Å². The molecular weight excluding hydrogens is 368 g/mol. The summed E-state index contributed by atoms with van der Waals surface area (Å²) in [6.07, 6.45) is 7.09. The molecule has 2 N–H and O–H groups in total. The van der Waals surface area contributed by atoms with Crippen molar-refractivity contribution < 1.29 is 13.6 Å². The van der Waals surface area contributed by atoms with Crippen LogP contribution in [0.15, 0.2) is 29.8 Å². The maximum Gasteiger partial charge on any atom is 0.246 e. The molecule has 1 amide bonds. The number of carbonyl (C=O) groups is 1. The molecule has 4 rings (SSSR count). The van der Waals surface area contributed by atoms with Gasteiger partial charge in [-0.25, -0.2) is 18.8 Å². The number of nitrogen functional groups attached to an aromatic ring is 1. The molecule has 0 bridgehead atoms. The minimum absolute atomic E-state index is 0.0952. The smallest absolute Gasteiger partial charge is 0.246 e. The number of pyridine rings is 1. The molecule has 0 spiro atoms. The lowest BCUT2D eigenvalue weighted by Crippen LogP contribution is -2.41. The highest BCUT2D eigenvalue weighted by molar-refractivity contribution is 5.82. The van der Waals surface area contributed by atoms with Crippen LogP contribution in [0.1, 0.15) is 30.9 Å². The number of aromatic nitrogens is 3. The van der Waals surface area contributed by atoms with Crippen molar-refractivity contribution in [3.05, 3.63) is 41.9 Å². The average Bonchev–Trinajstić information content (AvgIpc) is 3.19. The van der Waals surface area contributed by atoms with Crippen LogP contribution in [0.3, 0.4) is 0 Å². The fourth-order valence-electron chi connectivity index (χ4n) is 3.55. The van der Waals surface area contributed by atoms with Crippen molar-refractivity contribution in [2.24, 2.45) is 11.0 Å². The number of piperidine rings is 1. The van der Waals surface area contributed by atoms with E-state index in [0.29, 0.717) is 43.9 Å². The summed E-state index contributed by atoms with van der Waals surface area (Å²) in [6, 6.07) is 1.04. The van der Waals surface area contributed by atoms with Crippen molar-refractivity contribution in [2.75, 3.05) is 23.7 Å². The van der Waals surface area contributed by atoms with E-state index in [1.165, 1.54) is 11.1 Å². The Morgan fingerprint density at radius 1 is 1.18 bits per heavy atom. The van der Waals surface area contributed by atoms with Gasteiger partial charge in [0.05, 0.1) is 18.4 Å². The Bertz CT molecular complexity index is 915. The Labute approximate surface area is 160 Å². The lowest BCUT2D eigenvalue weighted by atomic mass is 9.94. The van der Waals surface area contributed by atoms with Crippen LogP contribution < -0.4 is 10.6 Å². The minimum atomic E-state index is -0.654. The summed E-state index contributed by atoms with van der Waals surface area (Å²) in [7, 11) is 0. The Morgan fingerprint density at radius 3 is 2.68 bits per heavy atom. The Hall–Kier alpha value is -3.17. The number of rotatable bonds is 3. The molecule has 1 saturated heterocycles. The minimum Gasteiger partial charge on any atom is -0.381 e. The van der Waals surface area contributed by atoms with Crippen molar-refractivity contribution >= 4 is 23.9 Å². The zero-order chi connectivity index (χ0) is 19.7. The first-order valence-electron chi connectivity index (χ1n) is 9.02. The number of hydrazone groups is 1. The molecule has 2 aliphatic rings. The fraction of sp³-hybridized carbons (Fsp3) is 0.389. The quantitative estimate of drug-likeness (QED) is 0.863. The lowest BCUT2D eigenvalue weighted by Gasteiger charge is -2.33. The van der Waals surface area contributed by atoms with E-state index in [2.05, 4.69) is 20.1 Å². The van der Waals surface area contributed by atoms with Crippen LogP contribution in [0.5, 0.6) is 0 Å². The first-order chi connectivity index (χ1) is 13.5. The maximum atomic E-state index is 13.5. The first-order valence-corrected chi connectivity index (χ1v) is 9.02. The second-order valence-electron chi connectivity index (χ2n) is 6.83. The number of anilines is 2. The summed E-state index contributed by atoms with van der Waals surface area (Å²) in [5.74, 6) is -1.24. The van der Waals surface area contributed by atoms with Gasteiger partial charge < -0.3 is 10.6 Å². The first kappa shape index (κ1) is 18.2. The number of hydrogen-bond donors (Lipinski definition) is 1. The van der Waals surface area contributed by atoms with Gasteiger partial charge in [0.2, 0.25) is 11.9 Å². The normalized spacial score (nSPS) is 20.0. The van der Waals surface area contributed by atoms with E-state index in [0.717, 1.165) is 12.4 Å². The Kier molecular flexibility index (Phi) is 4.84. The van der Waals surface area contributed by atoms with Crippen molar-refractivity contribution in [3.8, 4) is 0 Å². The molecule has 0 aliphatic carbocycles. The van der Waals surface area contributed by atoms with E-state index in [1.54, 1.807) is 12.4 Å². The Morgan fingerprint density at radius 2 is 1.96 bits per heavy atom. The van der Waals surface area contributed by atoms with Crippen LogP contribution in [0.4, 0.5) is 20.5 Å². The number of hydrogen-bond acceptors (Lipinski definition) is 7. The van der Waals surface area contributed by atoms with Crippen LogP contribution in [-0.2, 0) is 4.79 Å². The molecule has 0 saturated carbocycles. The zero-order valence-electron chi connectivity index (χ0n) is 15.0. The van der Waals surface area contributed by atoms with Gasteiger partial charge in [0, 0.05) is 37.8 Å². The summed E-state index contributed by atoms with van der Waals surface area (Å²) in [4.78, 5) is 26.7. The van der Waals surface area contributed by atoms with Gasteiger partial charge in [-0.05, 0) is 24.5 Å². The van der Waals surface area contributed by atoms with Crippen LogP contribution in [-0.4, -0.2) is 45.2 Å². The third-order valence-corrected chi connectivity index (χ3v) is 5.05. The largest absolute Gasteiger partial charge is 0.381 e. The highest BCUT2D eigenvalue weighted by atomic mass is 19.1. The van der Waals surface area contributed by atoms with Crippen LogP contribution >= 0.6 is 0 Å². The fourth-order valence-corrected chi connectivity index (χ4v) is 3.55. The molecule has 2 aliphatic heterocycles. The highest BCUT2D eigenvalue weighted by Crippen LogP contribution is 2.32. The summed E-state index contributed by atoms with van der Waals surface area (Å²) in [5.41, 5.74) is 6.13. The number of nitrogens with two attached hydrogens (primary N) is 1. The molecule has 8 nitrogen and oxygen atoms in total. The van der Waals surface area contributed by atoms with E-state index in [4.69, 9.17) is 5.73 Å². The molecule has 10 heteroatoms. The number of amides is 1. The van der Waals surface area contributed by atoms with E-state index < -0.39 is 11.6 Å². The van der Waals surface area contributed by atoms with Gasteiger partial charge in [-0.3, -0.25) is 9.78 Å². The molecule has 0 aromatic carbocycles. The topological polar surface area (TPSA) is 101 Å². The number of halogens is 2. The van der Waals surface area contributed by atoms with Crippen molar-refractivity contribution in [1.29, 1.82) is 0 Å². The second kappa shape index (κ2) is 7.45. The predicted molar refractivity (Wildman–Crippen MR) is 98.2 cm³/mol. The van der Waals surface area contributed by atoms with Gasteiger partial charge in [0.25, 0.3) is 0 Å². The van der Waals surface area contributed by atoms with Crippen LogP contribution in [0.2, 0.25) is 0 Å². The molecule has 28 heavy (non-hydrogen) atoms. The molecule has 2 aromatic rings. The lowest BCUT2D eigenvalue weighted by molar-refractivity contribution is -0.138. The molecule has 4 heterocycles. The zero-order valence-corrected chi connectivity index (χ0v) is 15.0. The highest BCUT2D eigenvalue weighted by Gasteiger charge is 2.35. The Balaban J connectivity index is 1.42. The molecule has 1 fully saturated rings. The van der Waals surface area contributed by atoms with E-state index in [9.17, 15) is 13.6 Å². The molecule has 1 atom stereocenters. The summed E-state index contributed by atoms with van der Waals surface area (Å²) < 4.78 is 26.8. The van der Waals surface area contributed by atoms with Gasteiger partial charge in [-0.2, -0.15) is 10.1 Å². The van der Waals surface area contributed by atoms with E-state index in [1.807, 2.05) is 4.90 Å². The van der Waals surface area contributed by atoms with Gasteiger partial charge in [-0.1, -0.05) is 0 Å². The van der Waals surface area contributed by atoms with Gasteiger partial charge in [0.15, 0.2) is 11.6 Å². The van der Waals surface area contributed by atoms with Crippen molar-refractivity contribution in [2.45, 2.75) is 25.3 Å². The van der Waals surface area contributed by atoms with E-state index >= 15 is 0 Å². The second-order valence-corrected chi connectivity index (χ2v) is 6.83. The predicted octanol–water partition coefficient (Wildman–Crippen LogP) is 1.91. The summed E-state index contributed by atoms with van der Waals surface area (Å²) >= 11 is 0. The molecule has 0 radical (unpaired) electrons. The molecule has 2 aromatic heterocycles. The van der Waals surface area contributed by atoms with Crippen molar-refractivity contribution in [3.63, 3.8) is 0 Å². The average molecular weight is 387 g/mol. The van der Waals surface area contributed by atoms with E-state index in [-0.39, 0.29) is 23.7 Å².